The van der Waals surface area contributed by atoms with Gasteiger partial charge in [0.05, 0.1) is 12.9 Å². The van der Waals surface area contributed by atoms with Crippen molar-refractivity contribution in [1.82, 2.24) is 0 Å². The van der Waals surface area contributed by atoms with E-state index in [1.165, 1.54) is 6.26 Å². The number of hydrogen-bond acceptors (Lipinski definition) is 4. The van der Waals surface area contributed by atoms with Crippen molar-refractivity contribution in [2.24, 2.45) is 0 Å². The number of rotatable bonds is 6. The van der Waals surface area contributed by atoms with Crippen molar-refractivity contribution in [1.29, 1.82) is 0 Å². The summed E-state index contributed by atoms with van der Waals surface area (Å²) >= 11 is 0. The van der Waals surface area contributed by atoms with Gasteiger partial charge in [-0.2, -0.15) is 0 Å². The molecule has 0 fully saturated rings. The molecule has 2 aromatic carbocycles. The van der Waals surface area contributed by atoms with Crippen molar-refractivity contribution in [3.63, 3.8) is 0 Å². The zero-order valence-electron chi connectivity index (χ0n) is 14.2. The predicted molar refractivity (Wildman–Crippen MR) is 98.7 cm³/mol. The summed E-state index contributed by atoms with van der Waals surface area (Å²) in [5.41, 5.74) is 1.59. The fourth-order valence-electron chi connectivity index (χ4n) is 2.34. The van der Waals surface area contributed by atoms with Crippen LogP contribution in [0.15, 0.2) is 71.3 Å². The number of anilines is 2. The highest BCUT2D eigenvalue weighted by Crippen LogP contribution is 2.18. The van der Waals surface area contributed by atoms with E-state index in [9.17, 15) is 9.59 Å². The standard InChI is InChI=1S/C20H18N2O4/c1-2-25-17-10-8-15(9-11-17)21-19(23)14-5-3-6-16(13-14)22-20(24)18-7-4-12-26-18/h3-13H,2H2,1H3,(H,21,23)(H,22,24). The molecular weight excluding hydrogens is 332 g/mol. The van der Waals surface area contributed by atoms with Crippen LogP contribution in [0.2, 0.25) is 0 Å². The van der Waals surface area contributed by atoms with Crippen molar-refractivity contribution in [3.8, 4) is 5.75 Å². The van der Waals surface area contributed by atoms with Gasteiger partial charge in [-0.3, -0.25) is 9.59 Å². The quantitative estimate of drug-likeness (QED) is 0.699. The van der Waals surface area contributed by atoms with Gasteiger partial charge in [-0.05, 0) is 61.5 Å². The fourth-order valence-corrected chi connectivity index (χ4v) is 2.34. The Morgan fingerprint density at radius 2 is 1.69 bits per heavy atom. The zero-order valence-corrected chi connectivity index (χ0v) is 14.2. The molecule has 6 nitrogen and oxygen atoms in total. The van der Waals surface area contributed by atoms with Gasteiger partial charge in [0.1, 0.15) is 5.75 Å². The minimum absolute atomic E-state index is 0.203. The lowest BCUT2D eigenvalue weighted by Gasteiger charge is -2.09. The van der Waals surface area contributed by atoms with E-state index in [4.69, 9.17) is 9.15 Å². The van der Waals surface area contributed by atoms with Crippen molar-refractivity contribution in [3.05, 3.63) is 78.3 Å². The van der Waals surface area contributed by atoms with Crippen LogP contribution in [0.4, 0.5) is 11.4 Å². The molecule has 0 aliphatic carbocycles. The maximum Gasteiger partial charge on any atom is 0.291 e. The average Bonchev–Trinajstić information content (AvgIpc) is 3.19. The maximum absolute atomic E-state index is 12.4. The highest BCUT2D eigenvalue weighted by molar-refractivity contribution is 6.06. The SMILES string of the molecule is CCOc1ccc(NC(=O)c2cccc(NC(=O)c3ccco3)c2)cc1. The van der Waals surface area contributed by atoms with E-state index in [2.05, 4.69) is 10.6 Å². The Labute approximate surface area is 150 Å². The zero-order chi connectivity index (χ0) is 18.4. The van der Waals surface area contributed by atoms with E-state index in [1.54, 1.807) is 60.7 Å². The van der Waals surface area contributed by atoms with Crippen molar-refractivity contribution in [2.75, 3.05) is 17.2 Å². The molecule has 0 saturated heterocycles. The Kier molecular flexibility index (Phi) is 5.34. The number of nitrogens with one attached hydrogen (secondary N) is 2. The molecule has 0 aliphatic heterocycles. The third-order valence-electron chi connectivity index (χ3n) is 3.55. The van der Waals surface area contributed by atoms with E-state index in [-0.39, 0.29) is 17.6 Å². The van der Waals surface area contributed by atoms with Gasteiger partial charge in [0.15, 0.2) is 5.76 Å². The van der Waals surface area contributed by atoms with Crippen molar-refractivity contribution >= 4 is 23.2 Å². The van der Waals surface area contributed by atoms with E-state index in [1.807, 2.05) is 6.92 Å². The normalized spacial score (nSPS) is 10.2. The number of ether oxygens (including phenoxy) is 1. The largest absolute Gasteiger partial charge is 0.494 e. The molecular formula is C20H18N2O4. The minimum atomic E-state index is -0.376. The van der Waals surface area contributed by atoms with E-state index < -0.39 is 0 Å². The second-order valence-electron chi connectivity index (χ2n) is 5.42. The average molecular weight is 350 g/mol. The lowest BCUT2D eigenvalue weighted by atomic mass is 10.1. The molecule has 1 heterocycles. The molecule has 0 radical (unpaired) electrons. The molecule has 0 saturated carbocycles. The van der Waals surface area contributed by atoms with E-state index >= 15 is 0 Å². The van der Waals surface area contributed by atoms with Crippen molar-refractivity contribution < 1.29 is 18.7 Å². The summed E-state index contributed by atoms with van der Waals surface area (Å²) in [7, 11) is 0. The van der Waals surface area contributed by atoms with Crippen LogP contribution >= 0.6 is 0 Å². The molecule has 0 atom stereocenters. The molecule has 3 rings (SSSR count). The number of amides is 2. The molecule has 0 unspecified atom stereocenters. The minimum Gasteiger partial charge on any atom is -0.494 e. The van der Waals surface area contributed by atoms with Crippen LogP contribution in [0.25, 0.3) is 0 Å². The first-order valence-electron chi connectivity index (χ1n) is 8.15. The van der Waals surface area contributed by atoms with Crippen LogP contribution in [0.3, 0.4) is 0 Å². The molecule has 6 heteroatoms. The number of furan rings is 1. The summed E-state index contributed by atoms with van der Waals surface area (Å²) in [6.07, 6.45) is 1.43. The Bertz CT molecular complexity index is 886. The van der Waals surface area contributed by atoms with Gasteiger partial charge in [-0.25, -0.2) is 0 Å². The summed E-state index contributed by atoms with van der Waals surface area (Å²) in [4.78, 5) is 24.4. The Hall–Kier alpha value is -3.54. The van der Waals surface area contributed by atoms with E-state index in [0.29, 0.717) is 23.5 Å². The Morgan fingerprint density at radius 3 is 2.38 bits per heavy atom. The lowest BCUT2D eigenvalue weighted by molar-refractivity contribution is 0.0993. The molecule has 3 aromatic rings. The number of benzene rings is 2. The number of carbonyl (C=O) groups excluding carboxylic acids is 2. The molecule has 0 spiro atoms. The molecule has 0 aliphatic rings. The smallest absolute Gasteiger partial charge is 0.291 e. The van der Waals surface area contributed by atoms with Gasteiger partial charge < -0.3 is 19.8 Å². The molecule has 0 bridgehead atoms. The van der Waals surface area contributed by atoms with Gasteiger partial charge in [-0.15, -0.1) is 0 Å². The van der Waals surface area contributed by atoms with Gasteiger partial charge in [-0.1, -0.05) is 6.07 Å². The number of carbonyl (C=O) groups is 2. The Balaban J connectivity index is 1.67. The molecule has 132 valence electrons. The van der Waals surface area contributed by atoms with Gasteiger partial charge >= 0.3 is 0 Å². The van der Waals surface area contributed by atoms with Crippen LogP contribution in [-0.4, -0.2) is 18.4 Å². The third-order valence-corrected chi connectivity index (χ3v) is 3.55. The highest BCUT2D eigenvalue weighted by Gasteiger charge is 2.11. The molecule has 2 N–H and O–H groups in total. The predicted octanol–water partition coefficient (Wildman–Crippen LogP) is 4.18. The molecule has 26 heavy (non-hydrogen) atoms. The van der Waals surface area contributed by atoms with Crippen LogP contribution in [0, 0.1) is 0 Å². The van der Waals surface area contributed by atoms with E-state index in [0.717, 1.165) is 5.75 Å². The molecule has 2 amide bonds. The highest BCUT2D eigenvalue weighted by atomic mass is 16.5. The maximum atomic E-state index is 12.4. The topological polar surface area (TPSA) is 80.6 Å². The van der Waals surface area contributed by atoms with Crippen LogP contribution in [0.5, 0.6) is 5.75 Å². The first-order chi connectivity index (χ1) is 12.7. The first kappa shape index (κ1) is 17.3. The summed E-state index contributed by atoms with van der Waals surface area (Å²) in [5, 5.41) is 5.51. The second-order valence-corrected chi connectivity index (χ2v) is 5.42. The second kappa shape index (κ2) is 8.02. The first-order valence-corrected chi connectivity index (χ1v) is 8.15. The summed E-state index contributed by atoms with van der Waals surface area (Å²) < 4.78 is 10.4. The van der Waals surface area contributed by atoms with Crippen LogP contribution < -0.4 is 15.4 Å². The molecule has 1 aromatic heterocycles. The summed E-state index contributed by atoms with van der Waals surface area (Å²) in [6.45, 7) is 2.50. The lowest BCUT2D eigenvalue weighted by Crippen LogP contribution is -2.14. The third kappa shape index (κ3) is 4.30. The van der Waals surface area contributed by atoms with Gasteiger partial charge in [0, 0.05) is 16.9 Å². The summed E-state index contributed by atoms with van der Waals surface area (Å²) in [6, 6.07) is 17.0. The monoisotopic (exact) mass is 350 g/mol. The summed E-state index contributed by atoms with van der Waals surface area (Å²) in [5.74, 6) is 0.296. The van der Waals surface area contributed by atoms with Crippen LogP contribution in [0.1, 0.15) is 27.8 Å². The van der Waals surface area contributed by atoms with Gasteiger partial charge in [0.25, 0.3) is 11.8 Å². The van der Waals surface area contributed by atoms with Crippen LogP contribution in [-0.2, 0) is 0 Å². The fraction of sp³-hybridized carbons (Fsp3) is 0.100. The van der Waals surface area contributed by atoms with Gasteiger partial charge in [0.2, 0.25) is 0 Å². The number of hydrogen-bond donors (Lipinski definition) is 2. The van der Waals surface area contributed by atoms with Crippen molar-refractivity contribution in [2.45, 2.75) is 6.92 Å². The Morgan fingerprint density at radius 1 is 0.923 bits per heavy atom.